The number of aliphatic carboxylic acids is 1. The fourth-order valence-corrected chi connectivity index (χ4v) is 2.95. The number of carboxylic acid groups (broad SMARTS) is 1. The molecule has 0 heterocycles. The van der Waals surface area contributed by atoms with Gasteiger partial charge in [-0.25, -0.2) is 4.79 Å². The van der Waals surface area contributed by atoms with Crippen molar-refractivity contribution in [3.8, 4) is 0 Å². The number of carboxylic acids is 1. The summed E-state index contributed by atoms with van der Waals surface area (Å²) >= 11 is 0. The molecule has 0 saturated heterocycles. The van der Waals surface area contributed by atoms with Crippen LogP contribution in [0.25, 0.3) is 0 Å². The molecule has 2 amide bonds. The lowest BCUT2D eigenvalue weighted by molar-refractivity contribution is -0.137. The van der Waals surface area contributed by atoms with Crippen molar-refractivity contribution < 1.29 is 19.8 Å². The van der Waals surface area contributed by atoms with E-state index in [-0.39, 0.29) is 18.5 Å². The molecule has 6 heteroatoms. The molecule has 0 aliphatic heterocycles. The third-order valence-corrected chi connectivity index (χ3v) is 4.31. The topological polar surface area (TPSA) is 98.7 Å². The molecule has 0 aromatic heterocycles. The Morgan fingerprint density at radius 1 is 1.17 bits per heavy atom. The normalized spacial score (nSPS) is 24.0. The summed E-state index contributed by atoms with van der Waals surface area (Å²) in [6.07, 6.45) is 3.12. The van der Waals surface area contributed by atoms with E-state index in [9.17, 15) is 14.7 Å². The van der Waals surface area contributed by atoms with Crippen molar-refractivity contribution in [3.05, 3.63) is 35.9 Å². The Morgan fingerprint density at radius 3 is 2.43 bits per heavy atom. The molecule has 0 radical (unpaired) electrons. The van der Waals surface area contributed by atoms with Crippen molar-refractivity contribution in [2.75, 3.05) is 6.54 Å². The van der Waals surface area contributed by atoms with Crippen LogP contribution in [0.1, 0.15) is 44.1 Å². The second-order valence-electron chi connectivity index (χ2n) is 6.07. The number of rotatable bonds is 6. The van der Waals surface area contributed by atoms with Gasteiger partial charge in [-0.3, -0.25) is 4.79 Å². The van der Waals surface area contributed by atoms with Crippen LogP contribution >= 0.6 is 0 Å². The lowest BCUT2D eigenvalue weighted by Gasteiger charge is -2.36. The lowest BCUT2D eigenvalue weighted by Crippen LogP contribution is -2.46. The zero-order valence-corrected chi connectivity index (χ0v) is 13.1. The highest BCUT2D eigenvalue weighted by molar-refractivity contribution is 5.74. The van der Waals surface area contributed by atoms with Gasteiger partial charge in [-0.2, -0.15) is 0 Å². The summed E-state index contributed by atoms with van der Waals surface area (Å²) in [4.78, 5) is 22.1. The first kappa shape index (κ1) is 17.3. The minimum absolute atomic E-state index is 0.0402. The second-order valence-corrected chi connectivity index (χ2v) is 6.07. The van der Waals surface area contributed by atoms with Crippen molar-refractivity contribution in [2.24, 2.45) is 0 Å². The maximum atomic E-state index is 11.8. The van der Waals surface area contributed by atoms with Gasteiger partial charge >= 0.3 is 12.0 Å². The molecule has 1 fully saturated rings. The third kappa shape index (κ3) is 5.25. The molecule has 0 bridgehead atoms. The molecule has 1 aromatic carbocycles. The average molecular weight is 320 g/mol. The summed E-state index contributed by atoms with van der Waals surface area (Å²) in [6, 6.07) is 9.40. The van der Waals surface area contributed by atoms with Crippen molar-refractivity contribution in [3.63, 3.8) is 0 Å². The summed E-state index contributed by atoms with van der Waals surface area (Å²) < 4.78 is 0. The van der Waals surface area contributed by atoms with Crippen LogP contribution in [0.3, 0.4) is 0 Å². The Bertz CT molecular complexity index is 525. The number of amides is 2. The van der Waals surface area contributed by atoms with E-state index in [1.165, 1.54) is 0 Å². The zero-order chi connectivity index (χ0) is 16.7. The first-order valence-electron chi connectivity index (χ1n) is 8.04. The van der Waals surface area contributed by atoms with Crippen LogP contribution in [0.2, 0.25) is 0 Å². The van der Waals surface area contributed by atoms with Crippen LogP contribution in [0.5, 0.6) is 0 Å². The van der Waals surface area contributed by atoms with E-state index >= 15 is 0 Å². The summed E-state index contributed by atoms with van der Waals surface area (Å²) in [6.45, 7) is 0.346. The third-order valence-electron chi connectivity index (χ3n) is 4.31. The molecule has 1 saturated carbocycles. The highest BCUT2D eigenvalue weighted by Crippen LogP contribution is 2.36. The fourth-order valence-electron chi connectivity index (χ4n) is 2.95. The summed E-state index contributed by atoms with van der Waals surface area (Å²) in [5, 5.41) is 24.8. The molecular weight excluding hydrogens is 296 g/mol. The molecule has 0 spiro atoms. The average Bonchev–Trinajstić information content (AvgIpc) is 2.55. The van der Waals surface area contributed by atoms with Crippen molar-refractivity contribution >= 4 is 12.0 Å². The Balaban J connectivity index is 1.72. The predicted octanol–water partition coefficient (Wildman–Crippen LogP) is 1.98. The molecule has 1 aromatic rings. The Kier molecular flexibility index (Phi) is 5.98. The molecule has 6 nitrogen and oxygen atoms in total. The van der Waals surface area contributed by atoms with Gasteiger partial charge in [0.25, 0.3) is 0 Å². The number of hydrogen-bond acceptors (Lipinski definition) is 3. The summed E-state index contributed by atoms with van der Waals surface area (Å²) in [5.74, 6) is -0.861. The number of aliphatic hydroxyl groups is 1. The minimum atomic E-state index is -0.861. The summed E-state index contributed by atoms with van der Waals surface area (Å²) in [7, 11) is 0. The Hall–Kier alpha value is -2.08. The van der Waals surface area contributed by atoms with Gasteiger partial charge in [-0.05, 0) is 37.7 Å². The quantitative estimate of drug-likeness (QED) is 0.602. The maximum Gasteiger partial charge on any atom is 0.315 e. The smallest absolute Gasteiger partial charge is 0.315 e. The number of benzene rings is 1. The van der Waals surface area contributed by atoms with Crippen LogP contribution in [-0.2, 0) is 10.4 Å². The summed E-state index contributed by atoms with van der Waals surface area (Å²) in [5.41, 5.74) is 0.119. The highest BCUT2D eigenvalue weighted by Gasteiger charge is 2.34. The van der Waals surface area contributed by atoms with E-state index in [1.807, 2.05) is 30.3 Å². The van der Waals surface area contributed by atoms with E-state index in [2.05, 4.69) is 10.6 Å². The van der Waals surface area contributed by atoms with Gasteiger partial charge in [0.05, 0.1) is 5.60 Å². The SMILES string of the molecule is O=C(O)CCCNC(=O)NC1CCC(O)(c2ccccc2)CC1. The first-order valence-corrected chi connectivity index (χ1v) is 8.04. The van der Waals surface area contributed by atoms with E-state index in [4.69, 9.17) is 5.11 Å². The highest BCUT2D eigenvalue weighted by atomic mass is 16.4. The standard InChI is InChI=1S/C17H24N2O4/c20-15(21)7-4-12-18-16(22)19-14-8-10-17(23,11-9-14)13-5-2-1-3-6-13/h1-3,5-6,14,23H,4,7-12H2,(H,20,21)(H2,18,19,22). The van der Waals surface area contributed by atoms with Crippen molar-refractivity contribution in [1.82, 2.24) is 10.6 Å². The van der Waals surface area contributed by atoms with E-state index in [1.54, 1.807) is 0 Å². The molecule has 0 atom stereocenters. The van der Waals surface area contributed by atoms with E-state index in [0.29, 0.717) is 38.6 Å². The molecule has 4 N–H and O–H groups in total. The molecule has 2 rings (SSSR count). The predicted molar refractivity (Wildman–Crippen MR) is 86.0 cm³/mol. The number of hydrogen-bond donors (Lipinski definition) is 4. The number of nitrogens with one attached hydrogen (secondary N) is 2. The van der Waals surface area contributed by atoms with Crippen LogP contribution < -0.4 is 10.6 Å². The van der Waals surface area contributed by atoms with Gasteiger partial charge in [0.1, 0.15) is 0 Å². The second kappa shape index (κ2) is 7.97. The molecular formula is C17H24N2O4. The van der Waals surface area contributed by atoms with Gasteiger partial charge < -0.3 is 20.8 Å². The monoisotopic (exact) mass is 320 g/mol. The Labute approximate surface area is 135 Å². The maximum absolute atomic E-state index is 11.8. The van der Waals surface area contributed by atoms with Gasteiger partial charge in [-0.15, -0.1) is 0 Å². The number of urea groups is 1. The molecule has 1 aliphatic rings. The lowest BCUT2D eigenvalue weighted by atomic mass is 9.78. The van der Waals surface area contributed by atoms with Crippen LogP contribution in [0, 0.1) is 0 Å². The van der Waals surface area contributed by atoms with Crippen molar-refractivity contribution in [1.29, 1.82) is 0 Å². The Morgan fingerprint density at radius 2 is 1.83 bits per heavy atom. The van der Waals surface area contributed by atoms with Gasteiger partial charge in [-0.1, -0.05) is 30.3 Å². The van der Waals surface area contributed by atoms with E-state index in [0.717, 1.165) is 5.56 Å². The van der Waals surface area contributed by atoms with Gasteiger partial charge in [0.2, 0.25) is 0 Å². The molecule has 0 unspecified atom stereocenters. The minimum Gasteiger partial charge on any atom is -0.481 e. The van der Waals surface area contributed by atoms with Gasteiger partial charge in [0.15, 0.2) is 0 Å². The molecule has 1 aliphatic carbocycles. The van der Waals surface area contributed by atoms with Crippen molar-refractivity contribution in [2.45, 2.75) is 50.2 Å². The zero-order valence-electron chi connectivity index (χ0n) is 13.1. The number of carbonyl (C=O) groups excluding carboxylic acids is 1. The van der Waals surface area contributed by atoms with E-state index < -0.39 is 11.6 Å². The molecule has 126 valence electrons. The number of carbonyl (C=O) groups is 2. The van der Waals surface area contributed by atoms with Gasteiger partial charge in [0, 0.05) is 19.0 Å². The van der Waals surface area contributed by atoms with Crippen LogP contribution in [0.4, 0.5) is 4.79 Å². The van der Waals surface area contributed by atoms with Crippen LogP contribution in [0.15, 0.2) is 30.3 Å². The molecule has 23 heavy (non-hydrogen) atoms. The largest absolute Gasteiger partial charge is 0.481 e. The first-order chi connectivity index (χ1) is 11.0. The fraction of sp³-hybridized carbons (Fsp3) is 0.529. The van der Waals surface area contributed by atoms with Crippen LogP contribution in [-0.4, -0.2) is 34.8 Å².